The van der Waals surface area contributed by atoms with Crippen LogP contribution in [0.2, 0.25) is 0 Å². The van der Waals surface area contributed by atoms with Crippen molar-refractivity contribution in [2.75, 3.05) is 19.7 Å². The minimum absolute atomic E-state index is 0.0308. The summed E-state index contributed by atoms with van der Waals surface area (Å²) in [5, 5.41) is 12.0. The molecule has 2 heterocycles. The van der Waals surface area contributed by atoms with Crippen molar-refractivity contribution in [3.8, 4) is 5.75 Å². The number of aliphatic imine (C=N–C) groups is 1. The summed E-state index contributed by atoms with van der Waals surface area (Å²) in [4.78, 5) is 43.5. The van der Waals surface area contributed by atoms with Gasteiger partial charge in [-0.25, -0.2) is 4.99 Å². The highest BCUT2D eigenvalue weighted by atomic mass is 16.5. The van der Waals surface area contributed by atoms with Gasteiger partial charge in [-0.05, 0) is 31.4 Å². The maximum atomic E-state index is 12.7. The van der Waals surface area contributed by atoms with E-state index in [9.17, 15) is 19.5 Å². The van der Waals surface area contributed by atoms with Gasteiger partial charge in [-0.2, -0.15) is 0 Å². The number of rotatable bonds is 8. The lowest BCUT2D eigenvalue weighted by Crippen LogP contribution is -2.44. The minimum Gasteiger partial charge on any atom is -0.493 e. The van der Waals surface area contributed by atoms with Crippen molar-refractivity contribution in [3.05, 3.63) is 23.8 Å². The molecule has 0 unspecified atom stereocenters. The molecule has 0 aromatic heterocycles. The third kappa shape index (κ3) is 4.98. The molecule has 1 aliphatic carbocycles. The van der Waals surface area contributed by atoms with Gasteiger partial charge in [0, 0.05) is 18.0 Å². The van der Waals surface area contributed by atoms with Gasteiger partial charge < -0.3 is 19.6 Å². The zero-order chi connectivity index (χ0) is 21.8. The highest BCUT2D eigenvalue weighted by Gasteiger charge is 2.30. The van der Waals surface area contributed by atoms with Crippen LogP contribution in [0.15, 0.2) is 23.2 Å². The molecule has 0 radical (unpaired) electrons. The van der Waals surface area contributed by atoms with Gasteiger partial charge in [-0.3, -0.25) is 19.7 Å². The first-order valence-electron chi connectivity index (χ1n) is 10.9. The SMILES string of the molecule is O=C(O)CN(C(=O)CCCOc1cccc2c1CN1CC(=O)NC1=N2)C1CCCCC1. The number of nitrogens with one attached hydrogen (secondary N) is 1. The van der Waals surface area contributed by atoms with Crippen LogP contribution in [-0.2, 0) is 20.9 Å². The van der Waals surface area contributed by atoms with E-state index in [0.29, 0.717) is 31.3 Å². The molecule has 31 heavy (non-hydrogen) atoms. The first kappa shape index (κ1) is 21.1. The van der Waals surface area contributed by atoms with E-state index < -0.39 is 5.97 Å². The predicted octanol–water partition coefficient (Wildman–Crippen LogP) is 2.02. The number of hydrogen-bond acceptors (Lipinski definition) is 6. The molecule has 166 valence electrons. The van der Waals surface area contributed by atoms with E-state index in [4.69, 9.17) is 4.74 Å². The molecule has 1 saturated carbocycles. The summed E-state index contributed by atoms with van der Waals surface area (Å²) in [7, 11) is 0. The number of carbonyl (C=O) groups excluding carboxylic acids is 2. The zero-order valence-corrected chi connectivity index (χ0v) is 17.5. The van der Waals surface area contributed by atoms with Crippen molar-refractivity contribution in [2.45, 2.75) is 57.5 Å². The summed E-state index contributed by atoms with van der Waals surface area (Å²) < 4.78 is 5.95. The second-order valence-corrected chi connectivity index (χ2v) is 8.25. The molecule has 1 saturated heterocycles. The monoisotopic (exact) mass is 428 g/mol. The second-order valence-electron chi connectivity index (χ2n) is 8.25. The molecule has 1 aromatic rings. The van der Waals surface area contributed by atoms with E-state index in [1.54, 1.807) is 4.90 Å². The number of carboxylic acid groups (broad SMARTS) is 1. The van der Waals surface area contributed by atoms with E-state index >= 15 is 0 Å². The molecular formula is C22H28N4O5. The number of amides is 2. The summed E-state index contributed by atoms with van der Waals surface area (Å²) in [5.41, 5.74) is 1.69. The van der Waals surface area contributed by atoms with Gasteiger partial charge in [0.2, 0.25) is 17.8 Å². The quantitative estimate of drug-likeness (QED) is 0.613. The van der Waals surface area contributed by atoms with Gasteiger partial charge in [-0.15, -0.1) is 0 Å². The largest absolute Gasteiger partial charge is 0.493 e. The summed E-state index contributed by atoms with van der Waals surface area (Å²) in [6.07, 6.45) is 5.74. The molecule has 0 bridgehead atoms. The van der Waals surface area contributed by atoms with Gasteiger partial charge in [0.1, 0.15) is 18.8 Å². The van der Waals surface area contributed by atoms with Crippen LogP contribution in [0.5, 0.6) is 5.75 Å². The van der Waals surface area contributed by atoms with Gasteiger partial charge in [0.15, 0.2) is 0 Å². The third-order valence-corrected chi connectivity index (χ3v) is 6.00. The van der Waals surface area contributed by atoms with Crippen LogP contribution in [0.4, 0.5) is 5.69 Å². The van der Waals surface area contributed by atoms with Crippen LogP contribution in [0.3, 0.4) is 0 Å². The number of benzene rings is 1. The van der Waals surface area contributed by atoms with Crippen LogP contribution >= 0.6 is 0 Å². The minimum atomic E-state index is -0.971. The Balaban J connectivity index is 1.32. The fourth-order valence-electron chi connectivity index (χ4n) is 4.49. The Morgan fingerprint density at radius 1 is 1.23 bits per heavy atom. The zero-order valence-electron chi connectivity index (χ0n) is 17.5. The molecule has 3 aliphatic rings. The molecule has 2 aliphatic heterocycles. The Morgan fingerprint density at radius 3 is 2.81 bits per heavy atom. The van der Waals surface area contributed by atoms with E-state index in [-0.39, 0.29) is 37.4 Å². The van der Waals surface area contributed by atoms with Crippen LogP contribution in [0.25, 0.3) is 0 Å². The molecule has 1 aromatic carbocycles. The maximum Gasteiger partial charge on any atom is 0.323 e. The Hall–Kier alpha value is -3.10. The number of fused-ring (bicyclic) bond motifs is 2. The standard InChI is InChI=1S/C22H28N4O5/c27-19-13-25-12-16-17(23-22(25)24-19)8-4-9-18(16)31-11-5-10-20(28)26(14-21(29)30)15-6-2-1-3-7-15/h4,8-9,15H,1-3,5-7,10-14H2,(H,29,30)(H,23,24,27). The number of ether oxygens (including phenoxy) is 1. The Bertz CT molecular complexity index is 894. The normalized spacial score (nSPS) is 18.0. The van der Waals surface area contributed by atoms with E-state index in [0.717, 1.165) is 43.4 Å². The van der Waals surface area contributed by atoms with E-state index in [1.807, 2.05) is 23.1 Å². The van der Waals surface area contributed by atoms with Crippen molar-refractivity contribution in [1.29, 1.82) is 0 Å². The van der Waals surface area contributed by atoms with Crippen molar-refractivity contribution in [3.63, 3.8) is 0 Å². The second kappa shape index (κ2) is 9.36. The fourth-order valence-corrected chi connectivity index (χ4v) is 4.49. The Labute approximate surface area is 181 Å². The highest BCUT2D eigenvalue weighted by Crippen LogP contribution is 2.34. The van der Waals surface area contributed by atoms with Crippen LogP contribution < -0.4 is 10.1 Å². The third-order valence-electron chi connectivity index (χ3n) is 6.00. The van der Waals surface area contributed by atoms with Crippen molar-refractivity contribution < 1.29 is 24.2 Å². The average molecular weight is 428 g/mol. The number of hydrogen-bond donors (Lipinski definition) is 2. The molecule has 0 atom stereocenters. The fraction of sp³-hybridized carbons (Fsp3) is 0.545. The average Bonchev–Trinajstić information content (AvgIpc) is 3.12. The first-order valence-corrected chi connectivity index (χ1v) is 10.9. The van der Waals surface area contributed by atoms with Crippen LogP contribution in [0.1, 0.15) is 50.5 Å². The first-order chi connectivity index (χ1) is 15.0. The predicted molar refractivity (Wildman–Crippen MR) is 113 cm³/mol. The molecule has 2 fully saturated rings. The highest BCUT2D eigenvalue weighted by molar-refractivity contribution is 6.05. The summed E-state index contributed by atoms with van der Waals surface area (Å²) >= 11 is 0. The molecule has 2 N–H and O–H groups in total. The van der Waals surface area contributed by atoms with Crippen molar-refractivity contribution in [2.24, 2.45) is 4.99 Å². The lowest BCUT2D eigenvalue weighted by Gasteiger charge is -2.33. The van der Waals surface area contributed by atoms with E-state index in [1.165, 1.54) is 0 Å². The number of nitrogens with zero attached hydrogens (tertiary/aromatic N) is 3. The topological polar surface area (TPSA) is 112 Å². The number of guanidine groups is 1. The Kier molecular flexibility index (Phi) is 6.39. The van der Waals surface area contributed by atoms with Gasteiger partial charge in [0.25, 0.3) is 0 Å². The van der Waals surface area contributed by atoms with Gasteiger partial charge >= 0.3 is 5.97 Å². The molecule has 2 amide bonds. The van der Waals surface area contributed by atoms with E-state index in [2.05, 4.69) is 10.3 Å². The van der Waals surface area contributed by atoms with Crippen molar-refractivity contribution >= 4 is 29.4 Å². The van der Waals surface area contributed by atoms with Gasteiger partial charge in [0.05, 0.1) is 18.8 Å². The summed E-state index contributed by atoms with van der Waals surface area (Å²) in [6.45, 7) is 0.929. The summed E-state index contributed by atoms with van der Waals surface area (Å²) in [5.74, 6) is 0.101. The molecule has 9 nitrogen and oxygen atoms in total. The van der Waals surface area contributed by atoms with Gasteiger partial charge in [-0.1, -0.05) is 25.3 Å². The maximum absolute atomic E-state index is 12.7. The van der Waals surface area contributed by atoms with Crippen molar-refractivity contribution in [1.82, 2.24) is 15.1 Å². The van der Waals surface area contributed by atoms with Crippen LogP contribution in [-0.4, -0.2) is 64.4 Å². The van der Waals surface area contributed by atoms with Crippen LogP contribution in [0, 0.1) is 0 Å². The lowest BCUT2D eigenvalue weighted by atomic mass is 9.94. The Morgan fingerprint density at radius 2 is 2.03 bits per heavy atom. The number of aliphatic carboxylic acids is 1. The smallest absolute Gasteiger partial charge is 0.323 e. The molecule has 9 heteroatoms. The molecular weight excluding hydrogens is 400 g/mol. The lowest BCUT2D eigenvalue weighted by molar-refractivity contribution is -0.146. The molecule has 4 rings (SSSR count). The molecule has 0 spiro atoms. The number of carboxylic acids is 1. The summed E-state index contributed by atoms with van der Waals surface area (Å²) in [6, 6.07) is 5.64. The number of carbonyl (C=O) groups is 3.